The highest BCUT2D eigenvalue weighted by molar-refractivity contribution is 6.09. The van der Waals surface area contributed by atoms with Crippen LogP contribution in [0.1, 0.15) is 29.8 Å². The van der Waals surface area contributed by atoms with Gasteiger partial charge >= 0.3 is 0 Å². The van der Waals surface area contributed by atoms with Crippen LogP contribution in [0.25, 0.3) is 6.08 Å². The molecule has 0 aliphatic carbocycles. The number of methoxy groups -OCH3 is 1. The van der Waals surface area contributed by atoms with Gasteiger partial charge in [-0.15, -0.1) is 0 Å². The summed E-state index contributed by atoms with van der Waals surface area (Å²) in [6.07, 6.45) is 1.48. The first-order chi connectivity index (χ1) is 14.7. The maximum atomic E-state index is 12.5. The SMILES string of the molecule is COc1cc(/C=C(\C#N)C(=O)Nc2ccc(C(=O)N(C)C)cc2)ccc1OCC(C)C. The van der Waals surface area contributed by atoms with Crippen molar-refractivity contribution in [1.82, 2.24) is 4.90 Å². The first-order valence-electron chi connectivity index (χ1n) is 9.80. The van der Waals surface area contributed by atoms with Crippen LogP contribution in [-0.2, 0) is 4.79 Å². The minimum absolute atomic E-state index is 0.0636. The molecule has 2 rings (SSSR count). The Kier molecular flexibility index (Phi) is 8.21. The van der Waals surface area contributed by atoms with E-state index in [9.17, 15) is 14.9 Å². The highest BCUT2D eigenvalue weighted by atomic mass is 16.5. The molecule has 0 aliphatic rings. The van der Waals surface area contributed by atoms with Crippen molar-refractivity contribution in [3.63, 3.8) is 0 Å². The Labute approximate surface area is 182 Å². The standard InChI is InChI=1S/C24H27N3O4/c1-16(2)15-31-21-11-6-17(13-22(21)30-5)12-19(14-25)23(28)26-20-9-7-18(8-10-20)24(29)27(3)4/h6-13,16H,15H2,1-5H3,(H,26,28)/b19-12+. The molecule has 0 bridgehead atoms. The van der Waals surface area contributed by atoms with Gasteiger partial charge in [0.15, 0.2) is 11.5 Å². The molecule has 0 fully saturated rings. The largest absolute Gasteiger partial charge is 0.493 e. The lowest BCUT2D eigenvalue weighted by molar-refractivity contribution is -0.112. The molecule has 0 aliphatic heterocycles. The Bertz CT molecular complexity index is 1000. The molecule has 0 atom stereocenters. The molecular weight excluding hydrogens is 394 g/mol. The third-order valence-corrected chi connectivity index (χ3v) is 4.23. The van der Waals surface area contributed by atoms with Gasteiger partial charge in [0.2, 0.25) is 0 Å². The second-order valence-electron chi connectivity index (χ2n) is 7.52. The van der Waals surface area contributed by atoms with Crippen LogP contribution < -0.4 is 14.8 Å². The molecule has 31 heavy (non-hydrogen) atoms. The highest BCUT2D eigenvalue weighted by Crippen LogP contribution is 2.29. The van der Waals surface area contributed by atoms with Gasteiger partial charge in [-0.3, -0.25) is 9.59 Å². The summed E-state index contributed by atoms with van der Waals surface area (Å²) in [4.78, 5) is 26.0. The van der Waals surface area contributed by atoms with Crippen molar-refractivity contribution in [3.05, 3.63) is 59.2 Å². The van der Waals surface area contributed by atoms with E-state index in [-0.39, 0.29) is 11.5 Å². The zero-order chi connectivity index (χ0) is 23.0. The summed E-state index contributed by atoms with van der Waals surface area (Å²) >= 11 is 0. The zero-order valence-corrected chi connectivity index (χ0v) is 18.4. The second kappa shape index (κ2) is 10.8. The van der Waals surface area contributed by atoms with Gasteiger partial charge in [0.05, 0.1) is 13.7 Å². The maximum Gasteiger partial charge on any atom is 0.266 e. The number of nitrogens with zero attached hydrogens (tertiary/aromatic N) is 2. The van der Waals surface area contributed by atoms with Gasteiger partial charge in [0.25, 0.3) is 11.8 Å². The monoisotopic (exact) mass is 421 g/mol. The van der Waals surface area contributed by atoms with Crippen LogP contribution in [0.4, 0.5) is 5.69 Å². The topological polar surface area (TPSA) is 91.7 Å². The van der Waals surface area contributed by atoms with Crippen molar-refractivity contribution in [2.75, 3.05) is 33.1 Å². The van der Waals surface area contributed by atoms with Gasteiger partial charge in [0.1, 0.15) is 11.6 Å². The molecule has 0 radical (unpaired) electrons. The van der Waals surface area contributed by atoms with Crippen LogP contribution in [0.5, 0.6) is 11.5 Å². The Balaban J connectivity index is 2.16. The average Bonchev–Trinajstić information content (AvgIpc) is 2.76. The number of amides is 2. The zero-order valence-electron chi connectivity index (χ0n) is 18.4. The molecule has 162 valence electrons. The van der Waals surface area contributed by atoms with Crippen molar-refractivity contribution < 1.29 is 19.1 Å². The van der Waals surface area contributed by atoms with Crippen molar-refractivity contribution in [3.8, 4) is 17.6 Å². The van der Waals surface area contributed by atoms with Gasteiger partial charge in [-0.1, -0.05) is 19.9 Å². The van der Waals surface area contributed by atoms with E-state index in [0.29, 0.717) is 40.8 Å². The molecule has 2 aromatic rings. The van der Waals surface area contributed by atoms with Crippen molar-refractivity contribution in [2.45, 2.75) is 13.8 Å². The summed E-state index contributed by atoms with van der Waals surface area (Å²) in [6, 6.07) is 13.6. The van der Waals surface area contributed by atoms with Crippen LogP contribution in [0.15, 0.2) is 48.0 Å². The maximum absolute atomic E-state index is 12.5. The Hall–Kier alpha value is -3.79. The summed E-state index contributed by atoms with van der Waals surface area (Å²) in [5, 5.41) is 12.1. The summed E-state index contributed by atoms with van der Waals surface area (Å²) < 4.78 is 11.1. The fourth-order valence-electron chi connectivity index (χ4n) is 2.62. The fourth-order valence-corrected chi connectivity index (χ4v) is 2.62. The third kappa shape index (κ3) is 6.61. The van der Waals surface area contributed by atoms with E-state index < -0.39 is 5.91 Å². The number of hydrogen-bond acceptors (Lipinski definition) is 5. The number of carbonyl (C=O) groups excluding carboxylic acids is 2. The molecule has 0 unspecified atom stereocenters. The third-order valence-electron chi connectivity index (χ3n) is 4.23. The van der Waals surface area contributed by atoms with Crippen molar-refractivity contribution >= 4 is 23.6 Å². The smallest absolute Gasteiger partial charge is 0.266 e. The molecule has 1 N–H and O–H groups in total. The summed E-state index contributed by atoms with van der Waals surface area (Å²) in [7, 11) is 4.87. The van der Waals surface area contributed by atoms with Crippen LogP contribution in [0, 0.1) is 17.2 Å². The van der Waals surface area contributed by atoms with Crippen LogP contribution >= 0.6 is 0 Å². The van der Waals surface area contributed by atoms with E-state index in [4.69, 9.17) is 9.47 Å². The number of nitrogens with one attached hydrogen (secondary N) is 1. The molecule has 0 saturated heterocycles. The van der Waals surface area contributed by atoms with E-state index in [1.54, 1.807) is 56.6 Å². The number of hydrogen-bond donors (Lipinski definition) is 1. The molecule has 7 nitrogen and oxygen atoms in total. The molecule has 2 amide bonds. The summed E-state index contributed by atoms with van der Waals surface area (Å²) in [5.41, 5.74) is 1.56. The van der Waals surface area contributed by atoms with Gasteiger partial charge in [-0.2, -0.15) is 5.26 Å². The molecule has 0 heterocycles. The van der Waals surface area contributed by atoms with Crippen LogP contribution in [-0.4, -0.2) is 44.5 Å². The van der Waals surface area contributed by atoms with E-state index >= 15 is 0 Å². The van der Waals surface area contributed by atoms with E-state index in [0.717, 1.165) is 0 Å². The van der Waals surface area contributed by atoms with E-state index in [2.05, 4.69) is 19.2 Å². The normalized spacial score (nSPS) is 10.9. The van der Waals surface area contributed by atoms with Gasteiger partial charge < -0.3 is 19.7 Å². The number of anilines is 1. The summed E-state index contributed by atoms with van der Waals surface area (Å²) in [6.45, 7) is 4.65. The van der Waals surface area contributed by atoms with E-state index in [1.165, 1.54) is 18.1 Å². The lowest BCUT2D eigenvalue weighted by Crippen LogP contribution is -2.21. The first-order valence-corrected chi connectivity index (χ1v) is 9.80. The Morgan fingerprint density at radius 3 is 2.35 bits per heavy atom. The molecule has 0 saturated carbocycles. The number of benzene rings is 2. The molecular formula is C24H27N3O4. The average molecular weight is 421 g/mol. The second-order valence-corrected chi connectivity index (χ2v) is 7.52. The Morgan fingerprint density at radius 1 is 1.13 bits per heavy atom. The fraction of sp³-hybridized carbons (Fsp3) is 0.292. The first kappa shape index (κ1) is 23.5. The number of rotatable bonds is 8. The summed E-state index contributed by atoms with van der Waals surface area (Å²) in [5.74, 6) is 0.809. The quantitative estimate of drug-likeness (QED) is 0.514. The van der Waals surface area contributed by atoms with Gasteiger partial charge in [-0.05, 0) is 54.0 Å². The number of ether oxygens (including phenoxy) is 2. The van der Waals surface area contributed by atoms with Crippen LogP contribution in [0.2, 0.25) is 0 Å². The number of carbonyl (C=O) groups is 2. The minimum Gasteiger partial charge on any atom is -0.493 e. The molecule has 0 aromatic heterocycles. The minimum atomic E-state index is -0.548. The van der Waals surface area contributed by atoms with E-state index in [1.807, 2.05) is 6.07 Å². The lowest BCUT2D eigenvalue weighted by atomic mass is 10.1. The highest BCUT2D eigenvalue weighted by Gasteiger charge is 2.13. The van der Waals surface area contributed by atoms with Crippen molar-refractivity contribution in [2.24, 2.45) is 5.92 Å². The number of nitriles is 1. The van der Waals surface area contributed by atoms with Gasteiger partial charge in [0, 0.05) is 25.3 Å². The molecule has 7 heteroatoms. The Morgan fingerprint density at radius 2 is 1.81 bits per heavy atom. The predicted octanol–water partition coefficient (Wildman–Crippen LogP) is 3.98. The van der Waals surface area contributed by atoms with Crippen LogP contribution in [0.3, 0.4) is 0 Å². The van der Waals surface area contributed by atoms with Gasteiger partial charge in [-0.25, -0.2) is 0 Å². The van der Waals surface area contributed by atoms with Crippen molar-refractivity contribution in [1.29, 1.82) is 5.26 Å². The predicted molar refractivity (Wildman–Crippen MR) is 120 cm³/mol. The molecule has 2 aromatic carbocycles. The lowest BCUT2D eigenvalue weighted by Gasteiger charge is -2.13. The molecule has 0 spiro atoms.